The summed E-state index contributed by atoms with van der Waals surface area (Å²) >= 11 is 3.30. The number of benzene rings is 8. The Hall–Kier alpha value is -6.66. The summed E-state index contributed by atoms with van der Waals surface area (Å²) in [6.07, 6.45) is 2.26. The van der Waals surface area contributed by atoms with Crippen molar-refractivity contribution in [2.75, 3.05) is 0 Å². The molecule has 0 amide bonds. The van der Waals surface area contributed by atoms with E-state index in [4.69, 9.17) is 4.74 Å². The molecule has 0 bridgehead atoms. The highest BCUT2D eigenvalue weighted by atomic mass is 32.1. The summed E-state index contributed by atoms with van der Waals surface area (Å²) in [5.41, 5.74) is 8.64. The van der Waals surface area contributed by atoms with Crippen LogP contribution in [0.3, 0.4) is 0 Å². The minimum Gasteiger partial charge on any atom is -0.472 e. The highest BCUT2D eigenvalue weighted by molar-refractivity contribution is 7.25. The van der Waals surface area contributed by atoms with Crippen LogP contribution >= 0.6 is 22.7 Å². The predicted molar refractivity (Wildman–Crippen MR) is 246 cm³/mol. The summed E-state index contributed by atoms with van der Waals surface area (Å²) in [4.78, 5) is 27.2. The van der Waals surface area contributed by atoms with E-state index in [1.165, 1.54) is 10.9 Å². The Morgan fingerprint density at radius 2 is 0.862 bits per heavy atom. The second-order valence-corrected chi connectivity index (χ2v) is 17.4. The molecule has 0 saturated carbocycles. The van der Waals surface area contributed by atoms with E-state index in [1.54, 1.807) is 22.7 Å². The second kappa shape index (κ2) is 13.2. The van der Waals surface area contributed by atoms with Crippen molar-refractivity contribution < 1.29 is 4.74 Å². The van der Waals surface area contributed by atoms with Crippen molar-refractivity contribution in [1.82, 2.24) is 0 Å². The molecule has 58 heavy (non-hydrogen) atoms. The zero-order valence-corrected chi connectivity index (χ0v) is 33.3. The smallest absolute Gasteiger partial charge is 0.195 e. The molecule has 1 aliphatic heterocycles. The minimum absolute atomic E-state index is 0.0637. The highest BCUT2D eigenvalue weighted by Gasteiger charge is 2.39. The van der Waals surface area contributed by atoms with Crippen LogP contribution in [0.25, 0.3) is 78.9 Å². The maximum atomic E-state index is 13.6. The lowest BCUT2D eigenvalue weighted by atomic mass is 9.80. The zero-order chi connectivity index (χ0) is 39.1. The summed E-state index contributed by atoms with van der Waals surface area (Å²) in [6, 6.07) is 55.9. The van der Waals surface area contributed by atoms with Crippen LogP contribution in [-0.4, -0.2) is 0 Å². The highest BCUT2D eigenvalue weighted by Crippen LogP contribution is 2.49. The molecule has 3 nitrogen and oxygen atoms in total. The van der Waals surface area contributed by atoms with Crippen molar-refractivity contribution >= 4 is 79.4 Å². The van der Waals surface area contributed by atoms with E-state index in [2.05, 4.69) is 123 Å². The Kier molecular flexibility index (Phi) is 7.87. The molecule has 3 heterocycles. The second-order valence-electron chi connectivity index (χ2n) is 15.2. The van der Waals surface area contributed by atoms with Gasteiger partial charge in [-0.2, -0.15) is 0 Å². The fourth-order valence-corrected chi connectivity index (χ4v) is 10.8. The van der Waals surface area contributed by atoms with Gasteiger partial charge in [0, 0.05) is 62.4 Å². The first-order valence-electron chi connectivity index (χ1n) is 19.4. The van der Waals surface area contributed by atoms with Gasteiger partial charge in [-0.1, -0.05) is 109 Å². The molecule has 11 rings (SSSR count). The lowest BCUT2D eigenvalue weighted by molar-refractivity contribution is 0.162. The fourth-order valence-electron chi connectivity index (χ4n) is 8.74. The number of hydrogen-bond donors (Lipinski definition) is 0. The molecule has 2 aromatic heterocycles. The predicted octanol–water partition coefficient (Wildman–Crippen LogP) is 13.7. The summed E-state index contributed by atoms with van der Waals surface area (Å²) in [5, 5.41) is 5.23. The van der Waals surface area contributed by atoms with Gasteiger partial charge in [0.2, 0.25) is 0 Å². The van der Waals surface area contributed by atoms with Crippen molar-refractivity contribution in [2.45, 2.75) is 19.4 Å². The number of ether oxygens (including phenoxy) is 1. The molecule has 0 saturated heterocycles. The van der Waals surface area contributed by atoms with E-state index >= 15 is 0 Å². The van der Waals surface area contributed by atoms with Gasteiger partial charge in [-0.05, 0) is 113 Å². The number of rotatable bonds is 4. The Morgan fingerprint density at radius 1 is 0.431 bits per heavy atom. The van der Waals surface area contributed by atoms with Crippen LogP contribution in [0.5, 0.6) is 5.75 Å². The molecule has 0 aliphatic carbocycles. The molecule has 0 radical (unpaired) electrons. The van der Waals surface area contributed by atoms with Gasteiger partial charge >= 0.3 is 0 Å². The first-order chi connectivity index (χ1) is 28.3. The number of hydrogen-bond acceptors (Lipinski definition) is 5. The van der Waals surface area contributed by atoms with Gasteiger partial charge < -0.3 is 4.74 Å². The van der Waals surface area contributed by atoms with Gasteiger partial charge in [-0.15, -0.1) is 22.7 Å². The first-order valence-corrected chi connectivity index (χ1v) is 21.0. The third kappa shape index (κ3) is 5.38. The topological polar surface area (TPSA) is 43.4 Å². The summed E-state index contributed by atoms with van der Waals surface area (Å²) in [5.74, 6) is 0.867. The molecule has 0 atom stereocenters. The van der Waals surface area contributed by atoms with Crippen LogP contribution in [0.4, 0.5) is 0 Å². The first kappa shape index (κ1) is 34.6. The van der Waals surface area contributed by atoms with Crippen LogP contribution in [0, 0.1) is 6.92 Å². The molecule has 10 aromatic rings. The molecular weight excluding hydrogens is 749 g/mol. The Labute approximate surface area is 342 Å². The van der Waals surface area contributed by atoms with Gasteiger partial charge in [0.15, 0.2) is 16.5 Å². The number of fused-ring (bicyclic) bond motifs is 7. The third-order valence-electron chi connectivity index (χ3n) is 11.8. The number of allylic oxidation sites excluding steroid dienone is 1. The summed E-state index contributed by atoms with van der Waals surface area (Å²) in [7, 11) is 0. The minimum atomic E-state index is -0.940. The zero-order valence-electron chi connectivity index (χ0n) is 31.7. The molecule has 0 N–H and O–H groups in total. The molecular formula is C53H34O3S2. The van der Waals surface area contributed by atoms with Gasteiger partial charge in [-0.25, -0.2) is 0 Å². The van der Waals surface area contributed by atoms with Crippen LogP contribution in [0.1, 0.15) is 29.2 Å². The van der Waals surface area contributed by atoms with Crippen molar-refractivity contribution in [3.05, 3.63) is 213 Å². The fraction of sp³-hybridized carbons (Fsp3) is 0.0566. The van der Waals surface area contributed by atoms with Gasteiger partial charge in [0.1, 0.15) is 5.75 Å². The molecule has 8 aromatic carbocycles. The molecule has 0 spiro atoms. The lowest BCUT2D eigenvalue weighted by Crippen LogP contribution is -2.35. The molecule has 276 valence electrons. The van der Waals surface area contributed by atoms with Gasteiger partial charge in [0.05, 0.1) is 0 Å². The van der Waals surface area contributed by atoms with Gasteiger partial charge in [-0.3, -0.25) is 9.59 Å². The normalized spacial score (nSPS) is 13.5. The van der Waals surface area contributed by atoms with Crippen LogP contribution in [0.15, 0.2) is 179 Å². The maximum absolute atomic E-state index is 13.6. The van der Waals surface area contributed by atoms with Gasteiger partial charge in [0.25, 0.3) is 0 Å². The largest absolute Gasteiger partial charge is 0.472 e. The van der Waals surface area contributed by atoms with E-state index in [1.807, 2.05) is 60.7 Å². The molecule has 0 unspecified atom stereocenters. The van der Waals surface area contributed by atoms with Crippen molar-refractivity contribution in [3.8, 4) is 28.0 Å². The van der Waals surface area contributed by atoms with E-state index in [-0.39, 0.29) is 10.9 Å². The standard InChI is InChI=1S/C53H34O3S2/c1-31-27-43-32(2)30-53(56-52(43)40-10-4-3-9-39(31)40,37-21-15-33(16-22-37)35-19-25-48-44(28-35)50(54)41-11-5-7-13-46(41)57-48)38-23-17-34(18-24-38)36-20-26-49-45(29-36)51(55)42-12-6-8-14-47(42)58-49/h3-30H,1-2H3. The Morgan fingerprint density at radius 3 is 1.38 bits per heavy atom. The average Bonchev–Trinajstić information content (AvgIpc) is 3.27. The molecule has 1 aliphatic rings. The third-order valence-corrected chi connectivity index (χ3v) is 14.1. The van der Waals surface area contributed by atoms with Crippen LogP contribution in [0.2, 0.25) is 0 Å². The van der Waals surface area contributed by atoms with Crippen molar-refractivity contribution in [3.63, 3.8) is 0 Å². The van der Waals surface area contributed by atoms with E-state index in [9.17, 15) is 9.59 Å². The SMILES string of the molecule is CC1=CC(c2ccc(-c3ccc4sc5ccccc5c(=O)c4c3)cc2)(c2ccc(-c3ccc4sc5ccccc5c(=O)c4c3)cc2)Oc2c1cc(C)c1ccccc21. The monoisotopic (exact) mass is 782 g/mol. The van der Waals surface area contributed by atoms with Crippen LogP contribution in [-0.2, 0) is 5.60 Å². The average molecular weight is 783 g/mol. The van der Waals surface area contributed by atoms with Crippen molar-refractivity contribution in [1.29, 1.82) is 0 Å². The maximum Gasteiger partial charge on any atom is 0.195 e. The lowest BCUT2D eigenvalue weighted by Gasteiger charge is -2.38. The molecule has 0 fully saturated rings. The summed E-state index contributed by atoms with van der Waals surface area (Å²) < 4.78 is 11.4. The Bertz CT molecular complexity index is 3310. The number of aryl methyl sites for hydroxylation is 1. The van der Waals surface area contributed by atoms with E-state index in [0.717, 1.165) is 96.0 Å². The van der Waals surface area contributed by atoms with Crippen LogP contribution < -0.4 is 15.6 Å². The quantitative estimate of drug-likeness (QED) is 0.167. The van der Waals surface area contributed by atoms with Crippen molar-refractivity contribution in [2.24, 2.45) is 0 Å². The van der Waals surface area contributed by atoms with E-state index in [0.29, 0.717) is 0 Å². The Balaban J connectivity index is 1.04. The van der Waals surface area contributed by atoms with E-state index < -0.39 is 5.60 Å². The summed E-state index contributed by atoms with van der Waals surface area (Å²) in [6.45, 7) is 4.33. The molecule has 5 heteroatoms.